The molecular formula is C23H39IN4O3. The summed E-state index contributed by atoms with van der Waals surface area (Å²) in [4.78, 5) is 7.29. The van der Waals surface area contributed by atoms with Crippen LogP contribution >= 0.6 is 24.0 Å². The van der Waals surface area contributed by atoms with Gasteiger partial charge in [-0.05, 0) is 63.4 Å². The highest BCUT2D eigenvalue weighted by Crippen LogP contribution is 2.32. The Balaban J connectivity index is 0.00000341. The fourth-order valence-electron chi connectivity index (χ4n) is 3.71. The van der Waals surface area contributed by atoms with Gasteiger partial charge in [0.05, 0.1) is 13.2 Å². The standard InChI is InChI=1S/C23H38N4O3.HI/c1-19-8-13-27(14-9-19)12-3-10-24-23(25-11-4-15-28-2)26-20-6-7-21-22(18-20)30-17-5-16-29-21;/h6-7,18-19H,3-5,8-17H2,1-2H3,(H2,24,25,26);1H. The number of rotatable bonds is 9. The third-order valence-electron chi connectivity index (χ3n) is 5.61. The molecule has 2 aliphatic heterocycles. The van der Waals surface area contributed by atoms with E-state index in [2.05, 4.69) is 22.5 Å². The Hall–Kier alpha value is -1.26. The Kier molecular flexibility index (Phi) is 12.4. The van der Waals surface area contributed by atoms with Gasteiger partial charge in [-0.25, -0.2) is 0 Å². The van der Waals surface area contributed by atoms with Gasteiger partial charge < -0.3 is 29.7 Å². The summed E-state index contributed by atoms with van der Waals surface area (Å²) in [6.45, 7) is 9.67. The summed E-state index contributed by atoms with van der Waals surface area (Å²) in [6, 6.07) is 5.96. The molecule has 7 nitrogen and oxygen atoms in total. The molecule has 0 unspecified atom stereocenters. The van der Waals surface area contributed by atoms with E-state index in [1.165, 1.54) is 25.9 Å². The number of guanidine groups is 1. The number of hydrogen-bond acceptors (Lipinski definition) is 5. The first-order valence-corrected chi connectivity index (χ1v) is 11.4. The number of anilines is 1. The zero-order valence-electron chi connectivity index (χ0n) is 19.0. The van der Waals surface area contributed by atoms with Crippen molar-refractivity contribution in [2.75, 3.05) is 65.0 Å². The molecule has 0 bridgehead atoms. The van der Waals surface area contributed by atoms with Crippen molar-refractivity contribution < 1.29 is 14.2 Å². The van der Waals surface area contributed by atoms with E-state index in [0.29, 0.717) is 19.8 Å². The van der Waals surface area contributed by atoms with Gasteiger partial charge in [-0.3, -0.25) is 4.99 Å². The van der Waals surface area contributed by atoms with Crippen LogP contribution < -0.4 is 20.1 Å². The molecule has 0 atom stereocenters. The summed E-state index contributed by atoms with van der Waals surface area (Å²) < 4.78 is 16.7. The van der Waals surface area contributed by atoms with Gasteiger partial charge >= 0.3 is 0 Å². The van der Waals surface area contributed by atoms with Gasteiger partial charge in [-0.15, -0.1) is 24.0 Å². The summed E-state index contributed by atoms with van der Waals surface area (Å²) in [5.41, 5.74) is 0.947. The van der Waals surface area contributed by atoms with Crippen LogP contribution in [0.3, 0.4) is 0 Å². The van der Waals surface area contributed by atoms with E-state index in [0.717, 1.165) is 68.0 Å². The molecule has 0 amide bonds. The minimum atomic E-state index is 0. The number of halogens is 1. The van der Waals surface area contributed by atoms with Crippen LogP contribution in [-0.2, 0) is 4.74 Å². The lowest BCUT2D eigenvalue weighted by molar-refractivity contribution is 0.191. The normalized spacial score (nSPS) is 17.5. The van der Waals surface area contributed by atoms with Crippen molar-refractivity contribution in [1.29, 1.82) is 0 Å². The number of nitrogens with zero attached hydrogens (tertiary/aromatic N) is 2. The third kappa shape index (κ3) is 9.41. The molecule has 1 aromatic rings. The van der Waals surface area contributed by atoms with E-state index in [1.54, 1.807) is 7.11 Å². The fraction of sp³-hybridized carbons (Fsp3) is 0.696. The van der Waals surface area contributed by atoms with Crippen LogP contribution in [0.5, 0.6) is 11.5 Å². The minimum absolute atomic E-state index is 0. The summed E-state index contributed by atoms with van der Waals surface area (Å²) in [6.07, 6.45) is 5.56. The zero-order valence-corrected chi connectivity index (χ0v) is 21.4. The summed E-state index contributed by atoms with van der Waals surface area (Å²) in [7, 11) is 1.72. The van der Waals surface area contributed by atoms with Crippen LogP contribution in [0.2, 0.25) is 0 Å². The lowest BCUT2D eigenvalue weighted by Crippen LogP contribution is -2.37. The second-order valence-electron chi connectivity index (χ2n) is 8.22. The predicted octanol–water partition coefficient (Wildman–Crippen LogP) is 3.98. The number of ether oxygens (including phenoxy) is 3. The van der Waals surface area contributed by atoms with E-state index < -0.39 is 0 Å². The Morgan fingerprint density at radius 2 is 1.94 bits per heavy atom. The SMILES string of the molecule is COCCCN=C(NCCCN1CCC(C)CC1)Nc1ccc2c(c1)OCCCO2.I. The van der Waals surface area contributed by atoms with Crippen molar-refractivity contribution in [3.8, 4) is 11.5 Å². The van der Waals surface area contributed by atoms with Crippen LogP contribution in [0.15, 0.2) is 23.2 Å². The molecule has 0 aliphatic carbocycles. The number of aliphatic imine (C=N–C) groups is 1. The lowest BCUT2D eigenvalue weighted by Gasteiger charge is -2.30. The molecule has 2 heterocycles. The van der Waals surface area contributed by atoms with E-state index >= 15 is 0 Å². The van der Waals surface area contributed by atoms with Gasteiger partial charge in [0.1, 0.15) is 0 Å². The molecule has 2 N–H and O–H groups in total. The van der Waals surface area contributed by atoms with E-state index in [9.17, 15) is 0 Å². The van der Waals surface area contributed by atoms with Crippen molar-refractivity contribution >= 4 is 35.6 Å². The first kappa shape index (κ1) is 26.0. The van der Waals surface area contributed by atoms with E-state index in [1.807, 2.05) is 18.2 Å². The van der Waals surface area contributed by atoms with Gasteiger partial charge in [-0.1, -0.05) is 6.92 Å². The number of piperidine rings is 1. The van der Waals surface area contributed by atoms with Crippen molar-refractivity contribution in [2.45, 2.75) is 39.0 Å². The van der Waals surface area contributed by atoms with Crippen LogP contribution in [0.25, 0.3) is 0 Å². The van der Waals surface area contributed by atoms with Gasteiger partial charge in [0.2, 0.25) is 0 Å². The average Bonchev–Trinajstić information content (AvgIpc) is 3.00. The lowest BCUT2D eigenvalue weighted by atomic mass is 9.99. The zero-order chi connectivity index (χ0) is 21.0. The molecule has 3 rings (SSSR count). The second-order valence-corrected chi connectivity index (χ2v) is 8.22. The molecule has 8 heteroatoms. The number of methoxy groups -OCH3 is 1. The van der Waals surface area contributed by atoms with E-state index in [-0.39, 0.29) is 24.0 Å². The Morgan fingerprint density at radius 1 is 1.16 bits per heavy atom. The summed E-state index contributed by atoms with van der Waals surface area (Å²) in [5, 5.41) is 6.90. The van der Waals surface area contributed by atoms with Crippen molar-refractivity contribution in [3.63, 3.8) is 0 Å². The molecule has 0 saturated carbocycles. The average molecular weight is 546 g/mol. The van der Waals surface area contributed by atoms with Crippen LogP contribution in [0.1, 0.15) is 39.0 Å². The van der Waals surface area contributed by atoms with Gasteiger partial charge in [-0.2, -0.15) is 0 Å². The molecule has 0 spiro atoms. The monoisotopic (exact) mass is 546 g/mol. The largest absolute Gasteiger partial charge is 0.490 e. The Labute approximate surface area is 204 Å². The molecule has 0 aromatic heterocycles. The Morgan fingerprint density at radius 3 is 2.71 bits per heavy atom. The maximum atomic E-state index is 5.81. The maximum absolute atomic E-state index is 5.81. The van der Waals surface area contributed by atoms with Crippen molar-refractivity contribution in [2.24, 2.45) is 10.9 Å². The molecule has 2 aliphatic rings. The van der Waals surface area contributed by atoms with Crippen molar-refractivity contribution in [1.82, 2.24) is 10.2 Å². The predicted molar refractivity (Wildman–Crippen MR) is 137 cm³/mol. The number of nitrogens with one attached hydrogen (secondary N) is 2. The maximum Gasteiger partial charge on any atom is 0.195 e. The molecule has 31 heavy (non-hydrogen) atoms. The van der Waals surface area contributed by atoms with Gasteiger partial charge in [0, 0.05) is 45.0 Å². The molecule has 176 valence electrons. The topological polar surface area (TPSA) is 67.4 Å². The smallest absolute Gasteiger partial charge is 0.195 e. The quantitative estimate of drug-likeness (QED) is 0.212. The number of hydrogen-bond donors (Lipinski definition) is 2. The molecule has 0 radical (unpaired) electrons. The molecule has 1 aromatic carbocycles. The van der Waals surface area contributed by atoms with Crippen LogP contribution in [-0.4, -0.2) is 70.5 Å². The number of benzene rings is 1. The number of likely N-dealkylation sites (tertiary alicyclic amines) is 1. The number of fused-ring (bicyclic) bond motifs is 1. The van der Waals surface area contributed by atoms with Crippen LogP contribution in [0, 0.1) is 5.92 Å². The first-order valence-electron chi connectivity index (χ1n) is 11.4. The van der Waals surface area contributed by atoms with E-state index in [4.69, 9.17) is 19.2 Å². The fourth-order valence-corrected chi connectivity index (χ4v) is 3.71. The Bertz CT molecular complexity index is 666. The first-order chi connectivity index (χ1) is 14.7. The minimum Gasteiger partial charge on any atom is -0.490 e. The molecular weight excluding hydrogens is 507 g/mol. The highest BCUT2D eigenvalue weighted by Gasteiger charge is 2.15. The van der Waals surface area contributed by atoms with Crippen molar-refractivity contribution in [3.05, 3.63) is 18.2 Å². The van der Waals surface area contributed by atoms with Gasteiger partial charge in [0.25, 0.3) is 0 Å². The second kappa shape index (κ2) is 14.7. The summed E-state index contributed by atoms with van der Waals surface area (Å²) in [5.74, 6) is 3.27. The van der Waals surface area contributed by atoms with Gasteiger partial charge in [0.15, 0.2) is 17.5 Å². The molecule has 1 fully saturated rings. The van der Waals surface area contributed by atoms with Crippen LogP contribution in [0.4, 0.5) is 5.69 Å². The highest BCUT2D eigenvalue weighted by molar-refractivity contribution is 14.0. The summed E-state index contributed by atoms with van der Waals surface area (Å²) >= 11 is 0. The molecule has 1 saturated heterocycles. The third-order valence-corrected chi connectivity index (χ3v) is 5.61. The highest BCUT2D eigenvalue weighted by atomic mass is 127.